The zero-order valence-electron chi connectivity index (χ0n) is 22.7. The number of piperazine rings is 1. The summed E-state index contributed by atoms with van der Waals surface area (Å²) in [5.74, 6) is 0.398. The summed E-state index contributed by atoms with van der Waals surface area (Å²) in [6.07, 6.45) is 5.49. The van der Waals surface area contributed by atoms with E-state index in [4.69, 9.17) is 4.98 Å². The summed E-state index contributed by atoms with van der Waals surface area (Å²) in [4.78, 5) is 31.1. The first-order chi connectivity index (χ1) is 20.5. The molecule has 0 unspecified atom stereocenters. The smallest absolute Gasteiger partial charge is 0.255 e. The molecule has 1 saturated heterocycles. The molecule has 42 heavy (non-hydrogen) atoms. The number of amides is 1. The van der Waals surface area contributed by atoms with E-state index in [1.54, 1.807) is 24.3 Å². The van der Waals surface area contributed by atoms with Gasteiger partial charge in [-0.3, -0.25) is 14.8 Å². The molecule has 3 heterocycles. The number of fused-ring (bicyclic) bond motifs is 1. The molecule has 0 atom stereocenters. The van der Waals surface area contributed by atoms with Crippen LogP contribution in [0.1, 0.15) is 10.4 Å². The second-order valence-corrected chi connectivity index (χ2v) is 10.9. The lowest BCUT2D eigenvalue weighted by Crippen LogP contribution is -2.46. The molecule has 212 valence electrons. The number of carbonyl (C=O) groups is 1. The molecule has 1 aliphatic heterocycles. The van der Waals surface area contributed by atoms with E-state index in [1.807, 2.05) is 73.2 Å². The largest absolute Gasteiger partial charge is 0.372 e. The van der Waals surface area contributed by atoms with Gasteiger partial charge in [0.05, 0.1) is 17.2 Å². The summed E-state index contributed by atoms with van der Waals surface area (Å²) in [6.45, 7) is 3.52. The highest BCUT2D eigenvalue weighted by Gasteiger charge is 2.19. The average molecular weight is 580 g/mol. The van der Waals surface area contributed by atoms with E-state index in [0.29, 0.717) is 16.9 Å². The average Bonchev–Trinajstić information content (AvgIpc) is 3.04. The first-order valence-electron chi connectivity index (χ1n) is 13.6. The van der Waals surface area contributed by atoms with Crippen molar-refractivity contribution in [1.29, 1.82) is 0 Å². The van der Waals surface area contributed by atoms with Crippen molar-refractivity contribution >= 4 is 50.5 Å². The van der Waals surface area contributed by atoms with Crippen molar-refractivity contribution in [2.75, 3.05) is 52.5 Å². The van der Waals surface area contributed by atoms with Gasteiger partial charge in [0.25, 0.3) is 5.91 Å². The van der Waals surface area contributed by atoms with Crippen LogP contribution in [0.4, 0.5) is 22.9 Å². The van der Waals surface area contributed by atoms with E-state index in [9.17, 15) is 13.2 Å². The molecular formula is C31H29N7O3S. The maximum absolute atomic E-state index is 12.8. The number of hydrogen-bond acceptors (Lipinski definition) is 9. The molecule has 1 fully saturated rings. The van der Waals surface area contributed by atoms with Gasteiger partial charge in [-0.1, -0.05) is 24.3 Å². The fraction of sp³-hybridized carbons (Fsp3) is 0.161. The van der Waals surface area contributed by atoms with Crippen molar-refractivity contribution in [2.45, 2.75) is 0 Å². The van der Waals surface area contributed by atoms with Gasteiger partial charge in [-0.15, -0.1) is 0 Å². The van der Waals surface area contributed by atoms with Crippen molar-refractivity contribution in [3.8, 4) is 11.1 Å². The number of nitrogens with one attached hydrogen (secondary N) is 2. The number of anilines is 4. The predicted molar refractivity (Wildman–Crippen MR) is 167 cm³/mol. The Morgan fingerprint density at radius 3 is 2.29 bits per heavy atom. The molecule has 2 N–H and O–H groups in total. The van der Waals surface area contributed by atoms with Gasteiger partial charge in [0.1, 0.15) is 11.7 Å². The zero-order chi connectivity index (χ0) is 28.9. The fourth-order valence-corrected chi connectivity index (χ4v) is 5.27. The van der Waals surface area contributed by atoms with Crippen LogP contribution in [0.25, 0.3) is 22.2 Å². The van der Waals surface area contributed by atoms with Gasteiger partial charge in [0, 0.05) is 61.2 Å². The summed E-state index contributed by atoms with van der Waals surface area (Å²) in [5.41, 5.74) is 6.48. The molecule has 5 aromatic rings. The highest BCUT2D eigenvalue weighted by molar-refractivity contribution is 7.72. The summed E-state index contributed by atoms with van der Waals surface area (Å²) < 4.78 is 21.7. The minimum absolute atomic E-state index is 0.187. The molecule has 1 aliphatic rings. The van der Waals surface area contributed by atoms with Crippen molar-refractivity contribution in [3.63, 3.8) is 0 Å². The van der Waals surface area contributed by atoms with Gasteiger partial charge in [-0.2, -0.15) is 0 Å². The quantitative estimate of drug-likeness (QED) is 0.232. The van der Waals surface area contributed by atoms with Gasteiger partial charge in [0.2, 0.25) is 0 Å². The van der Waals surface area contributed by atoms with E-state index >= 15 is 0 Å². The van der Waals surface area contributed by atoms with Gasteiger partial charge < -0.3 is 20.4 Å². The van der Waals surface area contributed by atoms with Gasteiger partial charge in [-0.05, 0) is 65.7 Å². The zero-order valence-corrected chi connectivity index (χ0v) is 23.6. The molecule has 6 rings (SSSR count). The third-order valence-corrected chi connectivity index (χ3v) is 7.59. The fourth-order valence-electron chi connectivity index (χ4n) is 4.96. The molecule has 0 aliphatic carbocycles. The van der Waals surface area contributed by atoms with Gasteiger partial charge in [0.15, 0.2) is 10.7 Å². The third kappa shape index (κ3) is 6.31. The molecule has 0 saturated carbocycles. The molecule has 0 spiro atoms. The number of nitrogens with zero attached hydrogens (tertiary/aromatic N) is 5. The lowest BCUT2D eigenvalue weighted by atomic mass is 10.0. The van der Waals surface area contributed by atoms with Crippen LogP contribution >= 0.6 is 0 Å². The van der Waals surface area contributed by atoms with E-state index in [2.05, 4.69) is 30.4 Å². The van der Waals surface area contributed by atoms with E-state index < -0.39 is 10.7 Å². The second-order valence-electron chi connectivity index (χ2n) is 9.89. The molecule has 1 amide bonds. The summed E-state index contributed by atoms with van der Waals surface area (Å²) in [7, 11) is -2.56. The Kier molecular flexibility index (Phi) is 7.91. The van der Waals surface area contributed by atoms with Crippen LogP contribution < -0.4 is 20.4 Å². The maximum atomic E-state index is 12.8. The summed E-state index contributed by atoms with van der Waals surface area (Å²) in [5, 5.41) is 5.67. The molecule has 10 nitrogen and oxygen atoms in total. The van der Waals surface area contributed by atoms with Crippen LogP contribution in [0, 0.1) is 0 Å². The Morgan fingerprint density at radius 1 is 0.786 bits per heavy atom. The first-order valence-corrected chi connectivity index (χ1v) is 14.9. The lowest BCUT2D eigenvalue weighted by molar-refractivity contribution is 0.102. The maximum Gasteiger partial charge on any atom is 0.255 e. The van der Waals surface area contributed by atoms with Crippen LogP contribution in [0.5, 0.6) is 0 Å². The van der Waals surface area contributed by atoms with Crippen LogP contribution in [-0.2, 0) is 10.7 Å². The Labute approximate surface area is 245 Å². The number of pyridine rings is 1. The standard InChI is InChI=1S/C31H29N7O3S/c39-31(24-2-1-3-26(18-24)34-21-42(40)41)35-25-7-4-22(5-8-25)23-6-9-28-29(19-23)36-30(20-33-28)38-16-14-37(15-17-38)27-10-12-32-13-11-27/h1-13,18-20,34,42H,14-17,21H2,(H,35,39). The van der Waals surface area contributed by atoms with Gasteiger partial charge >= 0.3 is 0 Å². The normalized spacial score (nSPS) is 13.4. The Balaban J connectivity index is 1.12. The minimum atomic E-state index is -2.56. The van der Waals surface area contributed by atoms with E-state index in [1.165, 1.54) is 5.69 Å². The van der Waals surface area contributed by atoms with Crippen molar-refractivity contribution < 1.29 is 13.2 Å². The number of hydrogen-bond donors (Lipinski definition) is 3. The van der Waals surface area contributed by atoms with E-state index in [0.717, 1.165) is 54.2 Å². The van der Waals surface area contributed by atoms with Crippen molar-refractivity contribution in [3.05, 3.63) is 103 Å². The summed E-state index contributed by atoms with van der Waals surface area (Å²) in [6, 6.07) is 24.4. The molecular weight excluding hydrogens is 550 g/mol. The number of rotatable bonds is 8. The Hall–Kier alpha value is -5.03. The number of thiol groups is 1. The highest BCUT2D eigenvalue weighted by atomic mass is 32.2. The lowest BCUT2D eigenvalue weighted by Gasteiger charge is -2.36. The van der Waals surface area contributed by atoms with Gasteiger partial charge in [-0.25, -0.2) is 13.4 Å². The molecule has 11 heteroatoms. The predicted octanol–water partition coefficient (Wildman–Crippen LogP) is 4.25. The Morgan fingerprint density at radius 2 is 1.52 bits per heavy atom. The van der Waals surface area contributed by atoms with Crippen LogP contribution in [0.3, 0.4) is 0 Å². The second kappa shape index (κ2) is 12.2. The highest BCUT2D eigenvalue weighted by Crippen LogP contribution is 2.26. The number of aromatic nitrogens is 3. The SMILES string of the molecule is O=C(Nc1ccc(-c2ccc3ncc(N4CCN(c5ccncc5)CC4)nc3c2)cc1)c1cccc(NC[SH](=O)=O)c1. The summed E-state index contributed by atoms with van der Waals surface area (Å²) >= 11 is 0. The van der Waals surface area contributed by atoms with Crippen LogP contribution in [-0.4, -0.2) is 61.3 Å². The van der Waals surface area contributed by atoms with Crippen LogP contribution in [0.15, 0.2) is 97.5 Å². The van der Waals surface area contributed by atoms with Crippen LogP contribution in [0.2, 0.25) is 0 Å². The molecule has 2 aromatic heterocycles. The molecule has 3 aromatic carbocycles. The van der Waals surface area contributed by atoms with Crippen molar-refractivity contribution in [2.24, 2.45) is 0 Å². The van der Waals surface area contributed by atoms with E-state index in [-0.39, 0.29) is 11.8 Å². The van der Waals surface area contributed by atoms with Crippen molar-refractivity contribution in [1.82, 2.24) is 15.0 Å². The first kappa shape index (κ1) is 27.2. The topological polar surface area (TPSA) is 120 Å². The molecule has 0 radical (unpaired) electrons. The number of benzene rings is 3. The Bertz CT molecular complexity index is 1780. The number of carbonyl (C=O) groups excluding carboxylic acids is 1. The minimum Gasteiger partial charge on any atom is -0.372 e. The third-order valence-electron chi connectivity index (χ3n) is 7.17. The monoisotopic (exact) mass is 579 g/mol. The molecule has 0 bridgehead atoms.